The summed E-state index contributed by atoms with van der Waals surface area (Å²) in [5, 5.41) is 2.71. The van der Waals surface area contributed by atoms with Crippen molar-refractivity contribution >= 4 is 17.3 Å². The molecule has 0 saturated carbocycles. The molecule has 1 aromatic carbocycles. The van der Waals surface area contributed by atoms with Gasteiger partial charge in [-0.2, -0.15) is 12.1 Å². The molecule has 0 bridgehead atoms. The number of nitrogens with two attached hydrogens (primary N) is 1. The van der Waals surface area contributed by atoms with Crippen molar-refractivity contribution < 1.29 is 25.9 Å². The zero-order chi connectivity index (χ0) is 11.4. The molecular weight excluding hydrogens is 386 g/mol. The van der Waals surface area contributed by atoms with Crippen LogP contribution in [-0.4, -0.2) is 10.9 Å². The molecular formula is C12H10N3OW-. The van der Waals surface area contributed by atoms with Crippen molar-refractivity contribution in [3.05, 3.63) is 54.4 Å². The van der Waals surface area contributed by atoms with Crippen LogP contribution >= 0.6 is 0 Å². The van der Waals surface area contributed by atoms with Crippen LogP contribution in [0.25, 0.3) is 0 Å². The molecule has 1 amide bonds. The third-order valence-electron chi connectivity index (χ3n) is 2.09. The van der Waals surface area contributed by atoms with E-state index >= 15 is 0 Å². The average Bonchev–Trinajstić information content (AvgIpc) is 2.33. The standard InChI is InChI=1S/C12H10N3O.W/c13-10-5-1-2-6-11(10)15-12(16)9-4-3-7-14-8-9;/h1-6,8H,13H2,(H,15,16);/q-1;. The van der Waals surface area contributed by atoms with Crippen LogP contribution < -0.4 is 11.1 Å². The molecule has 2 rings (SSSR count). The zero-order valence-corrected chi connectivity index (χ0v) is 11.8. The van der Waals surface area contributed by atoms with Gasteiger partial charge in [0.25, 0.3) is 0 Å². The second kappa shape index (κ2) is 6.16. The normalized spacial score (nSPS) is 9.18. The number of rotatable bonds is 2. The molecule has 0 fully saturated rings. The molecule has 17 heavy (non-hydrogen) atoms. The molecule has 0 spiro atoms. The molecule has 5 heteroatoms. The number of amides is 1. The second-order valence-electron chi connectivity index (χ2n) is 3.22. The molecule has 0 saturated heterocycles. The number of hydrogen-bond donors (Lipinski definition) is 2. The summed E-state index contributed by atoms with van der Waals surface area (Å²) in [7, 11) is 0. The van der Waals surface area contributed by atoms with Crippen LogP contribution in [0.1, 0.15) is 10.4 Å². The van der Waals surface area contributed by atoms with E-state index in [1.807, 2.05) is 12.1 Å². The summed E-state index contributed by atoms with van der Waals surface area (Å²) in [6.07, 6.45) is 4.06. The monoisotopic (exact) mass is 396 g/mol. The number of benzene rings is 1. The van der Waals surface area contributed by atoms with Gasteiger partial charge in [-0.1, -0.05) is 30.1 Å². The van der Waals surface area contributed by atoms with Crippen molar-refractivity contribution in [3.63, 3.8) is 0 Å². The Hall–Kier alpha value is -1.67. The fraction of sp³-hybridized carbons (Fsp3) is 0. The van der Waals surface area contributed by atoms with Crippen molar-refractivity contribution in [1.29, 1.82) is 0 Å². The number of anilines is 2. The van der Waals surface area contributed by atoms with E-state index in [2.05, 4.69) is 16.5 Å². The average molecular weight is 396 g/mol. The number of nitrogens with one attached hydrogen (secondary N) is 1. The Bertz CT molecular complexity index is 502. The number of nitrogens with zero attached hydrogens (tertiary/aromatic N) is 1. The first-order valence-corrected chi connectivity index (χ1v) is 4.75. The minimum atomic E-state index is -0.237. The predicted molar refractivity (Wildman–Crippen MR) is 61.9 cm³/mol. The van der Waals surface area contributed by atoms with Gasteiger partial charge < -0.3 is 16.0 Å². The fourth-order valence-electron chi connectivity index (χ4n) is 1.26. The molecule has 0 radical (unpaired) electrons. The first kappa shape index (κ1) is 13.4. The van der Waals surface area contributed by atoms with Crippen LogP contribution in [0.5, 0.6) is 0 Å². The fourth-order valence-corrected chi connectivity index (χ4v) is 1.26. The van der Waals surface area contributed by atoms with Gasteiger partial charge in [-0.05, 0) is 12.1 Å². The summed E-state index contributed by atoms with van der Waals surface area (Å²) in [5.41, 5.74) is 7.32. The predicted octanol–water partition coefficient (Wildman–Crippen LogP) is 1.71. The summed E-state index contributed by atoms with van der Waals surface area (Å²) in [5.74, 6) is -0.237. The Kier molecular flexibility index (Phi) is 4.85. The van der Waals surface area contributed by atoms with Gasteiger partial charge in [0.05, 0.1) is 11.4 Å². The molecule has 0 aliphatic carbocycles. The smallest absolute Gasteiger partial charge is 0.232 e. The van der Waals surface area contributed by atoms with Crippen molar-refractivity contribution in [2.24, 2.45) is 0 Å². The van der Waals surface area contributed by atoms with E-state index in [9.17, 15) is 4.79 Å². The van der Waals surface area contributed by atoms with Gasteiger partial charge in [-0.25, -0.2) is 0 Å². The minimum Gasteiger partial charge on any atom is -0.397 e. The topological polar surface area (TPSA) is 68.0 Å². The summed E-state index contributed by atoms with van der Waals surface area (Å²) in [6.45, 7) is 0. The SMILES string of the molecule is Nc1ccccc1NC(=O)c1cc[c-]nc1.[W]. The largest absolute Gasteiger partial charge is 0.397 e. The molecule has 3 N–H and O–H groups in total. The molecule has 0 aliphatic heterocycles. The zero-order valence-electron chi connectivity index (χ0n) is 8.88. The van der Waals surface area contributed by atoms with Crippen molar-refractivity contribution in [2.75, 3.05) is 11.1 Å². The van der Waals surface area contributed by atoms with Gasteiger partial charge in [0, 0.05) is 21.1 Å². The van der Waals surface area contributed by atoms with E-state index in [1.165, 1.54) is 6.20 Å². The van der Waals surface area contributed by atoms with Crippen LogP contribution in [0.4, 0.5) is 11.4 Å². The first-order chi connectivity index (χ1) is 7.77. The van der Waals surface area contributed by atoms with Crippen LogP contribution in [0.3, 0.4) is 0 Å². The van der Waals surface area contributed by atoms with E-state index < -0.39 is 0 Å². The van der Waals surface area contributed by atoms with Gasteiger partial charge in [0.15, 0.2) is 0 Å². The Balaban J connectivity index is 0.00000144. The maximum atomic E-state index is 11.7. The number of nitrogen functional groups attached to an aromatic ring is 1. The first-order valence-electron chi connectivity index (χ1n) is 4.75. The Morgan fingerprint density at radius 2 is 2.06 bits per heavy atom. The van der Waals surface area contributed by atoms with Crippen LogP contribution in [0, 0.1) is 6.20 Å². The number of carbonyl (C=O) groups excluding carboxylic acids is 1. The van der Waals surface area contributed by atoms with Crippen molar-refractivity contribution in [2.45, 2.75) is 0 Å². The molecule has 2 aromatic rings. The second-order valence-corrected chi connectivity index (χ2v) is 3.22. The number of carbonyl (C=O) groups is 1. The van der Waals surface area contributed by atoms with Gasteiger partial charge in [0.1, 0.15) is 0 Å². The Morgan fingerprint density at radius 3 is 2.71 bits per heavy atom. The van der Waals surface area contributed by atoms with E-state index in [1.54, 1.807) is 24.3 Å². The number of aromatic nitrogens is 1. The number of para-hydroxylation sites is 2. The Morgan fingerprint density at radius 1 is 1.29 bits per heavy atom. The van der Waals surface area contributed by atoms with Gasteiger partial charge in [-0.3, -0.25) is 4.79 Å². The van der Waals surface area contributed by atoms with E-state index in [0.29, 0.717) is 16.9 Å². The molecule has 86 valence electrons. The van der Waals surface area contributed by atoms with Crippen LogP contribution in [0.15, 0.2) is 42.6 Å². The maximum absolute atomic E-state index is 11.7. The maximum Gasteiger partial charge on any atom is 0.232 e. The third-order valence-corrected chi connectivity index (χ3v) is 2.09. The Labute approximate surface area is 114 Å². The van der Waals surface area contributed by atoms with E-state index in [4.69, 9.17) is 5.73 Å². The molecule has 4 nitrogen and oxygen atoms in total. The van der Waals surface area contributed by atoms with E-state index in [0.717, 1.165) is 0 Å². The molecule has 1 heterocycles. The molecule has 1 aromatic heterocycles. The molecule has 0 unspecified atom stereocenters. The van der Waals surface area contributed by atoms with Gasteiger partial charge in [0.2, 0.25) is 5.91 Å². The van der Waals surface area contributed by atoms with Crippen molar-refractivity contribution in [1.82, 2.24) is 4.98 Å². The third kappa shape index (κ3) is 3.39. The number of hydrogen-bond acceptors (Lipinski definition) is 3. The van der Waals surface area contributed by atoms with Gasteiger partial charge >= 0.3 is 0 Å². The minimum absolute atomic E-state index is 0. The van der Waals surface area contributed by atoms with Crippen molar-refractivity contribution in [3.8, 4) is 0 Å². The van der Waals surface area contributed by atoms with Crippen LogP contribution in [0.2, 0.25) is 0 Å². The summed E-state index contributed by atoms with van der Waals surface area (Å²) in [6, 6.07) is 10.3. The summed E-state index contributed by atoms with van der Waals surface area (Å²) in [4.78, 5) is 15.5. The van der Waals surface area contributed by atoms with E-state index in [-0.39, 0.29) is 27.0 Å². The van der Waals surface area contributed by atoms with Gasteiger partial charge in [-0.15, -0.1) is 0 Å². The molecule has 0 aliphatic rings. The summed E-state index contributed by atoms with van der Waals surface area (Å²) >= 11 is 0. The number of pyridine rings is 1. The summed E-state index contributed by atoms with van der Waals surface area (Å²) < 4.78 is 0. The quantitative estimate of drug-likeness (QED) is 0.600. The van der Waals surface area contributed by atoms with Crippen LogP contribution in [-0.2, 0) is 21.1 Å². The molecule has 0 atom stereocenters.